The molecule has 3 rings (SSSR count). The Balaban J connectivity index is 1.81. The maximum atomic E-state index is 5.85. The average Bonchev–Trinajstić information content (AvgIpc) is 2.98. The largest absolute Gasteiger partial charge is 0.497 e. The van der Waals surface area contributed by atoms with Crippen LogP contribution in [0.3, 0.4) is 0 Å². The van der Waals surface area contributed by atoms with Crippen molar-refractivity contribution in [2.24, 2.45) is 0 Å². The summed E-state index contributed by atoms with van der Waals surface area (Å²) in [5, 5.41) is 0. The molecule has 3 nitrogen and oxygen atoms in total. The van der Waals surface area contributed by atoms with Gasteiger partial charge in [0, 0.05) is 12.0 Å². The van der Waals surface area contributed by atoms with Crippen LogP contribution in [0.5, 0.6) is 5.75 Å². The number of methoxy groups -OCH3 is 1. The van der Waals surface area contributed by atoms with E-state index in [2.05, 4.69) is 24.0 Å². The number of ether oxygens (including phenoxy) is 1. The van der Waals surface area contributed by atoms with Crippen LogP contribution in [0, 0.1) is 6.92 Å². The highest BCUT2D eigenvalue weighted by Crippen LogP contribution is 2.23. The van der Waals surface area contributed by atoms with Gasteiger partial charge in [-0.15, -0.1) is 0 Å². The van der Waals surface area contributed by atoms with Crippen LogP contribution in [0.4, 0.5) is 0 Å². The molecule has 2 aromatic carbocycles. The maximum Gasteiger partial charge on any atom is 0.226 e. The van der Waals surface area contributed by atoms with E-state index < -0.39 is 0 Å². The van der Waals surface area contributed by atoms with Crippen molar-refractivity contribution >= 4 is 0 Å². The lowest BCUT2D eigenvalue weighted by molar-refractivity contribution is 0.415. The Morgan fingerprint density at radius 1 is 1.05 bits per heavy atom. The van der Waals surface area contributed by atoms with E-state index in [1.54, 1.807) is 13.3 Å². The first kappa shape index (κ1) is 13.4. The Morgan fingerprint density at radius 3 is 2.52 bits per heavy atom. The van der Waals surface area contributed by atoms with Crippen molar-refractivity contribution in [1.82, 2.24) is 4.98 Å². The van der Waals surface area contributed by atoms with Crippen molar-refractivity contribution in [3.8, 4) is 17.2 Å². The number of hydrogen-bond donors (Lipinski definition) is 0. The zero-order valence-corrected chi connectivity index (χ0v) is 12.2. The quantitative estimate of drug-likeness (QED) is 0.716. The van der Waals surface area contributed by atoms with Crippen LogP contribution in [-0.4, -0.2) is 12.1 Å². The van der Waals surface area contributed by atoms with Crippen LogP contribution >= 0.6 is 0 Å². The summed E-state index contributed by atoms with van der Waals surface area (Å²) in [7, 11) is 1.65. The lowest BCUT2D eigenvalue weighted by Crippen LogP contribution is -1.89. The van der Waals surface area contributed by atoms with Gasteiger partial charge in [-0.05, 0) is 42.3 Å². The van der Waals surface area contributed by atoms with Gasteiger partial charge < -0.3 is 9.15 Å². The minimum Gasteiger partial charge on any atom is -0.497 e. The third-order valence-corrected chi connectivity index (χ3v) is 3.52. The summed E-state index contributed by atoms with van der Waals surface area (Å²) in [4.78, 5) is 4.36. The number of nitrogens with zero attached hydrogens (tertiary/aromatic N) is 1. The molecule has 0 saturated carbocycles. The van der Waals surface area contributed by atoms with Crippen LogP contribution < -0.4 is 4.74 Å². The Bertz CT molecular complexity index is 729. The smallest absolute Gasteiger partial charge is 0.226 e. The van der Waals surface area contributed by atoms with Crippen molar-refractivity contribution in [2.45, 2.75) is 13.3 Å². The molecule has 0 amide bonds. The van der Waals surface area contributed by atoms with E-state index in [1.807, 2.05) is 36.4 Å². The SMILES string of the molecule is COc1ccc(-c2ncc(Cc3ccccc3C)o2)cc1. The molecule has 0 spiro atoms. The molecule has 0 aliphatic rings. The first-order valence-corrected chi connectivity index (χ1v) is 6.90. The minimum absolute atomic E-state index is 0.640. The van der Waals surface area contributed by atoms with Gasteiger partial charge in [0.2, 0.25) is 5.89 Å². The van der Waals surface area contributed by atoms with Crippen LogP contribution in [0.2, 0.25) is 0 Å². The molecule has 0 atom stereocenters. The highest BCUT2D eigenvalue weighted by Gasteiger charge is 2.08. The molecule has 0 aliphatic carbocycles. The first-order chi connectivity index (χ1) is 10.3. The van der Waals surface area contributed by atoms with Gasteiger partial charge in [-0.3, -0.25) is 0 Å². The summed E-state index contributed by atoms with van der Waals surface area (Å²) in [5.74, 6) is 2.33. The molecule has 0 unspecified atom stereocenters. The van der Waals surface area contributed by atoms with Crippen LogP contribution in [-0.2, 0) is 6.42 Å². The van der Waals surface area contributed by atoms with E-state index in [-0.39, 0.29) is 0 Å². The van der Waals surface area contributed by atoms with E-state index in [1.165, 1.54) is 11.1 Å². The summed E-state index contributed by atoms with van der Waals surface area (Å²) in [5.41, 5.74) is 3.47. The van der Waals surface area contributed by atoms with E-state index in [0.29, 0.717) is 5.89 Å². The topological polar surface area (TPSA) is 35.3 Å². The maximum absolute atomic E-state index is 5.85. The zero-order valence-electron chi connectivity index (χ0n) is 12.2. The van der Waals surface area contributed by atoms with E-state index in [9.17, 15) is 0 Å². The number of hydrogen-bond acceptors (Lipinski definition) is 3. The number of aromatic nitrogens is 1. The molecule has 0 fully saturated rings. The summed E-state index contributed by atoms with van der Waals surface area (Å²) < 4.78 is 11.0. The van der Waals surface area contributed by atoms with Gasteiger partial charge in [-0.2, -0.15) is 0 Å². The highest BCUT2D eigenvalue weighted by atomic mass is 16.5. The number of oxazole rings is 1. The zero-order chi connectivity index (χ0) is 14.7. The molecular formula is C18H17NO2. The highest BCUT2D eigenvalue weighted by molar-refractivity contribution is 5.54. The normalized spacial score (nSPS) is 10.6. The van der Waals surface area contributed by atoms with Gasteiger partial charge in [-0.25, -0.2) is 4.98 Å². The molecule has 106 valence electrons. The van der Waals surface area contributed by atoms with Gasteiger partial charge in [0.15, 0.2) is 0 Å². The van der Waals surface area contributed by atoms with Gasteiger partial charge in [0.1, 0.15) is 11.5 Å². The fourth-order valence-electron chi connectivity index (χ4n) is 2.25. The Kier molecular flexibility index (Phi) is 3.73. The number of benzene rings is 2. The lowest BCUT2D eigenvalue weighted by Gasteiger charge is -2.02. The van der Waals surface area contributed by atoms with E-state index >= 15 is 0 Å². The predicted molar refractivity (Wildman–Crippen MR) is 82.5 cm³/mol. The summed E-state index contributed by atoms with van der Waals surface area (Å²) in [6.07, 6.45) is 2.56. The van der Waals surface area contributed by atoms with Crippen LogP contribution in [0.15, 0.2) is 59.1 Å². The number of rotatable bonds is 4. The Hall–Kier alpha value is -2.55. The van der Waals surface area contributed by atoms with Gasteiger partial charge in [0.25, 0.3) is 0 Å². The standard InChI is InChI=1S/C18H17NO2/c1-13-5-3-4-6-15(13)11-17-12-19-18(21-17)14-7-9-16(20-2)10-8-14/h3-10,12H,11H2,1-2H3. The van der Waals surface area contributed by atoms with E-state index in [4.69, 9.17) is 9.15 Å². The fraction of sp³-hybridized carbons (Fsp3) is 0.167. The fourth-order valence-corrected chi connectivity index (χ4v) is 2.25. The summed E-state index contributed by atoms with van der Waals surface area (Å²) in [6, 6.07) is 16.0. The van der Waals surface area contributed by atoms with Gasteiger partial charge in [0.05, 0.1) is 13.3 Å². The monoisotopic (exact) mass is 279 g/mol. The molecule has 3 aromatic rings. The summed E-state index contributed by atoms with van der Waals surface area (Å²) in [6.45, 7) is 2.11. The lowest BCUT2D eigenvalue weighted by atomic mass is 10.1. The number of aryl methyl sites for hydroxylation is 1. The second-order valence-corrected chi connectivity index (χ2v) is 4.96. The average molecular weight is 279 g/mol. The van der Waals surface area contributed by atoms with Crippen molar-refractivity contribution in [2.75, 3.05) is 7.11 Å². The minimum atomic E-state index is 0.640. The van der Waals surface area contributed by atoms with Crippen LogP contribution in [0.25, 0.3) is 11.5 Å². The van der Waals surface area contributed by atoms with Gasteiger partial charge >= 0.3 is 0 Å². The molecule has 3 heteroatoms. The molecular weight excluding hydrogens is 262 g/mol. The first-order valence-electron chi connectivity index (χ1n) is 6.90. The van der Waals surface area contributed by atoms with Crippen molar-refractivity contribution in [1.29, 1.82) is 0 Å². The Morgan fingerprint density at radius 2 is 1.81 bits per heavy atom. The van der Waals surface area contributed by atoms with Crippen LogP contribution in [0.1, 0.15) is 16.9 Å². The van der Waals surface area contributed by atoms with Crippen molar-refractivity contribution in [3.05, 3.63) is 71.6 Å². The molecule has 1 heterocycles. The second kappa shape index (κ2) is 5.83. The molecule has 21 heavy (non-hydrogen) atoms. The third kappa shape index (κ3) is 2.97. The molecule has 0 aliphatic heterocycles. The van der Waals surface area contributed by atoms with Crippen molar-refractivity contribution < 1.29 is 9.15 Å². The molecule has 0 N–H and O–H groups in total. The predicted octanol–water partition coefficient (Wildman–Crippen LogP) is 4.25. The molecule has 0 saturated heterocycles. The second-order valence-electron chi connectivity index (χ2n) is 4.96. The summed E-state index contributed by atoms with van der Waals surface area (Å²) >= 11 is 0. The van der Waals surface area contributed by atoms with Crippen molar-refractivity contribution in [3.63, 3.8) is 0 Å². The molecule has 0 radical (unpaired) electrons. The van der Waals surface area contributed by atoms with Gasteiger partial charge in [-0.1, -0.05) is 24.3 Å². The Labute approximate surface area is 124 Å². The molecule has 0 bridgehead atoms. The van der Waals surface area contributed by atoms with E-state index in [0.717, 1.165) is 23.5 Å². The molecule has 1 aromatic heterocycles. The third-order valence-electron chi connectivity index (χ3n) is 3.52.